The fourth-order valence-corrected chi connectivity index (χ4v) is 2.77. The van der Waals surface area contributed by atoms with Gasteiger partial charge in [0.1, 0.15) is 0 Å². The van der Waals surface area contributed by atoms with Gasteiger partial charge in [0.05, 0.1) is 0 Å². The molecule has 1 atom stereocenters. The van der Waals surface area contributed by atoms with Crippen LogP contribution >= 0.6 is 0 Å². The minimum atomic E-state index is 0.725. The number of allylic oxidation sites excluding steroid dienone is 9. The van der Waals surface area contributed by atoms with E-state index in [1.807, 2.05) is 6.08 Å². The highest BCUT2D eigenvalue weighted by Crippen LogP contribution is 2.29. The van der Waals surface area contributed by atoms with Crippen LogP contribution in [0.4, 0.5) is 0 Å². The first kappa shape index (κ1) is 15.8. The summed E-state index contributed by atoms with van der Waals surface area (Å²) in [6, 6.07) is 0. The van der Waals surface area contributed by atoms with Crippen LogP contribution in [0.1, 0.15) is 52.9 Å². The first-order valence-corrected chi connectivity index (χ1v) is 7.51. The van der Waals surface area contributed by atoms with E-state index in [0.29, 0.717) is 0 Å². The van der Waals surface area contributed by atoms with Crippen molar-refractivity contribution in [3.63, 3.8) is 0 Å². The van der Waals surface area contributed by atoms with E-state index in [-0.39, 0.29) is 0 Å². The van der Waals surface area contributed by atoms with Gasteiger partial charge >= 0.3 is 0 Å². The SMILES string of the molecule is C=CC=C(C)C=C(C=CC)CC1C=C(CC)CCC1. The molecule has 0 aliphatic heterocycles. The number of hydrogen-bond acceptors (Lipinski definition) is 0. The molecule has 0 heteroatoms. The molecule has 104 valence electrons. The summed E-state index contributed by atoms with van der Waals surface area (Å²) in [5.41, 5.74) is 4.35. The first-order valence-electron chi connectivity index (χ1n) is 7.51. The van der Waals surface area contributed by atoms with Crippen LogP contribution in [0.3, 0.4) is 0 Å². The zero-order valence-electron chi connectivity index (χ0n) is 12.8. The zero-order valence-corrected chi connectivity index (χ0v) is 12.8. The third-order valence-corrected chi connectivity index (χ3v) is 3.67. The van der Waals surface area contributed by atoms with Crippen molar-refractivity contribution in [1.82, 2.24) is 0 Å². The zero-order chi connectivity index (χ0) is 14.1. The molecule has 0 spiro atoms. The van der Waals surface area contributed by atoms with Gasteiger partial charge in [0.25, 0.3) is 0 Å². The van der Waals surface area contributed by atoms with E-state index in [0.717, 1.165) is 12.3 Å². The van der Waals surface area contributed by atoms with E-state index < -0.39 is 0 Å². The van der Waals surface area contributed by atoms with Crippen molar-refractivity contribution in [1.29, 1.82) is 0 Å². The van der Waals surface area contributed by atoms with Crippen LogP contribution in [0.15, 0.2) is 59.8 Å². The summed E-state index contributed by atoms with van der Waals surface area (Å²) in [5, 5.41) is 0. The van der Waals surface area contributed by atoms with E-state index in [2.05, 4.69) is 57.7 Å². The van der Waals surface area contributed by atoms with Crippen molar-refractivity contribution < 1.29 is 0 Å². The van der Waals surface area contributed by atoms with Crippen molar-refractivity contribution in [3.05, 3.63) is 59.8 Å². The lowest BCUT2D eigenvalue weighted by Crippen LogP contribution is -2.05. The summed E-state index contributed by atoms with van der Waals surface area (Å²) in [5.74, 6) is 0.725. The minimum absolute atomic E-state index is 0.725. The summed E-state index contributed by atoms with van der Waals surface area (Å²) >= 11 is 0. The lowest BCUT2D eigenvalue weighted by molar-refractivity contribution is 0.521. The van der Waals surface area contributed by atoms with E-state index in [1.54, 1.807) is 5.57 Å². The Morgan fingerprint density at radius 2 is 2.26 bits per heavy atom. The third-order valence-electron chi connectivity index (χ3n) is 3.67. The molecule has 1 aliphatic carbocycles. The molecule has 0 saturated carbocycles. The molecule has 0 amide bonds. The van der Waals surface area contributed by atoms with E-state index in [9.17, 15) is 0 Å². The first-order chi connectivity index (χ1) is 9.19. The Morgan fingerprint density at radius 3 is 2.89 bits per heavy atom. The molecular weight excluding hydrogens is 228 g/mol. The summed E-state index contributed by atoms with van der Waals surface area (Å²) in [4.78, 5) is 0. The molecule has 0 radical (unpaired) electrons. The second-order valence-electron chi connectivity index (χ2n) is 5.40. The Labute approximate surface area is 119 Å². The van der Waals surface area contributed by atoms with Crippen LogP contribution in [0.25, 0.3) is 0 Å². The minimum Gasteiger partial charge on any atom is -0.0991 e. The van der Waals surface area contributed by atoms with Crippen LogP contribution in [-0.2, 0) is 0 Å². The Balaban J connectivity index is 2.79. The standard InChI is InChI=1S/C19H28/c1-5-9-16(4)13-18(10-6-2)15-19-12-8-11-17(7-3)14-19/h5-6,9-10,13-14,19H,1,7-8,11-12,15H2,2-4H3. The molecular formula is C19H28. The Hall–Kier alpha value is -1.30. The maximum atomic E-state index is 3.76. The van der Waals surface area contributed by atoms with Gasteiger partial charge < -0.3 is 0 Å². The van der Waals surface area contributed by atoms with E-state index >= 15 is 0 Å². The molecule has 0 saturated heterocycles. The predicted octanol–water partition coefficient (Wildman–Crippen LogP) is 6.15. The van der Waals surface area contributed by atoms with Crippen LogP contribution in [0.2, 0.25) is 0 Å². The monoisotopic (exact) mass is 256 g/mol. The van der Waals surface area contributed by atoms with Crippen LogP contribution in [0.5, 0.6) is 0 Å². The van der Waals surface area contributed by atoms with Crippen molar-refractivity contribution in [2.75, 3.05) is 0 Å². The van der Waals surface area contributed by atoms with Gasteiger partial charge in [0.2, 0.25) is 0 Å². The Kier molecular flexibility index (Phi) is 7.25. The van der Waals surface area contributed by atoms with Gasteiger partial charge in [-0.3, -0.25) is 0 Å². The highest BCUT2D eigenvalue weighted by molar-refractivity contribution is 5.31. The van der Waals surface area contributed by atoms with Crippen molar-refractivity contribution in [3.8, 4) is 0 Å². The average molecular weight is 256 g/mol. The van der Waals surface area contributed by atoms with Crippen molar-refractivity contribution in [2.45, 2.75) is 52.9 Å². The largest absolute Gasteiger partial charge is 0.0991 e. The molecule has 0 bridgehead atoms. The van der Waals surface area contributed by atoms with Crippen molar-refractivity contribution >= 4 is 0 Å². The lowest BCUT2D eigenvalue weighted by Gasteiger charge is -2.21. The van der Waals surface area contributed by atoms with Gasteiger partial charge in [-0.1, -0.05) is 61.1 Å². The molecule has 0 aromatic carbocycles. The van der Waals surface area contributed by atoms with Crippen LogP contribution in [-0.4, -0.2) is 0 Å². The van der Waals surface area contributed by atoms with Gasteiger partial charge in [-0.05, 0) is 57.4 Å². The topological polar surface area (TPSA) is 0 Å². The highest BCUT2D eigenvalue weighted by atomic mass is 14.2. The molecule has 0 fully saturated rings. The Bertz CT molecular complexity index is 402. The molecule has 0 aromatic heterocycles. The van der Waals surface area contributed by atoms with Crippen molar-refractivity contribution in [2.24, 2.45) is 5.92 Å². The average Bonchev–Trinajstić information content (AvgIpc) is 2.39. The molecule has 0 aromatic rings. The molecule has 1 aliphatic rings. The van der Waals surface area contributed by atoms with E-state index in [4.69, 9.17) is 0 Å². The maximum absolute atomic E-state index is 3.76. The van der Waals surface area contributed by atoms with Gasteiger partial charge in [-0.2, -0.15) is 0 Å². The van der Waals surface area contributed by atoms with Gasteiger partial charge in [-0.15, -0.1) is 0 Å². The summed E-state index contributed by atoms with van der Waals surface area (Å²) in [6.45, 7) is 10.3. The second-order valence-corrected chi connectivity index (χ2v) is 5.40. The van der Waals surface area contributed by atoms with Gasteiger partial charge in [0, 0.05) is 0 Å². The number of rotatable bonds is 6. The second kappa shape index (κ2) is 8.74. The normalized spacial score (nSPS) is 21.6. The molecule has 0 heterocycles. The van der Waals surface area contributed by atoms with Crippen LogP contribution in [0, 0.1) is 5.92 Å². The molecule has 0 N–H and O–H groups in total. The lowest BCUT2D eigenvalue weighted by atomic mass is 9.85. The predicted molar refractivity (Wildman–Crippen MR) is 87.2 cm³/mol. The third kappa shape index (κ3) is 5.92. The molecule has 1 unspecified atom stereocenters. The summed E-state index contributed by atoms with van der Waals surface area (Å²) in [7, 11) is 0. The van der Waals surface area contributed by atoms with Gasteiger partial charge in [0.15, 0.2) is 0 Å². The summed E-state index contributed by atoms with van der Waals surface area (Å²) < 4.78 is 0. The fraction of sp³-hybridized carbons (Fsp3) is 0.474. The maximum Gasteiger partial charge on any atom is -0.0190 e. The van der Waals surface area contributed by atoms with E-state index in [1.165, 1.54) is 36.8 Å². The van der Waals surface area contributed by atoms with Gasteiger partial charge in [-0.25, -0.2) is 0 Å². The van der Waals surface area contributed by atoms with Crippen LogP contribution < -0.4 is 0 Å². The molecule has 0 nitrogen and oxygen atoms in total. The highest BCUT2D eigenvalue weighted by Gasteiger charge is 2.13. The summed E-state index contributed by atoms with van der Waals surface area (Å²) in [6.07, 6.45) is 19.5. The fourth-order valence-electron chi connectivity index (χ4n) is 2.77. The quantitative estimate of drug-likeness (QED) is 0.395. The molecule has 19 heavy (non-hydrogen) atoms. The molecule has 1 rings (SSSR count). The smallest absolute Gasteiger partial charge is 0.0190 e. The Morgan fingerprint density at radius 1 is 1.47 bits per heavy atom. The number of hydrogen-bond donors (Lipinski definition) is 0.